The van der Waals surface area contributed by atoms with Gasteiger partial charge >= 0.3 is 17.0 Å². The fourth-order valence-corrected chi connectivity index (χ4v) is 2.87. The zero-order chi connectivity index (χ0) is 18.1. The van der Waals surface area contributed by atoms with Crippen LogP contribution < -0.4 is 9.94 Å². The standard InChI is InChI=1S/C13H10N4O7S/c1-7-11(8(2)22-14-7)24-25(21)16-12(15-23-13(16)18)9-3-5-10(6-4-9)17(19)20/h3-6H,1-2H3. The summed E-state index contributed by atoms with van der Waals surface area (Å²) in [6, 6.07) is 5.13. The van der Waals surface area contributed by atoms with Gasteiger partial charge in [-0.25, -0.2) is 4.79 Å². The quantitative estimate of drug-likeness (QED) is 0.485. The molecule has 0 N–H and O–H groups in total. The molecule has 0 fully saturated rings. The van der Waals surface area contributed by atoms with Crippen LogP contribution in [-0.2, 0) is 11.3 Å². The number of nitro groups is 1. The maximum absolute atomic E-state index is 12.4. The minimum Gasteiger partial charge on any atom is -0.379 e. The maximum atomic E-state index is 12.4. The van der Waals surface area contributed by atoms with E-state index in [0.29, 0.717) is 9.67 Å². The second kappa shape index (κ2) is 6.32. The first-order valence-electron chi connectivity index (χ1n) is 6.75. The van der Waals surface area contributed by atoms with Crippen LogP contribution in [0.3, 0.4) is 0 Å². The zero-order valence-electron chi connectivity index (χ0n) is 12.9. The van der Waals surface area contributed by atoms with Crippen LogP contribution in [0.5, 0.6) is 5.75 Å². The number of benzene rings is 1. The fourth-order valence-electron chi connectivity index (χ4n) is 1.98. The summed E-state index contributed by atoms with van der Waals surface area (Å²) in [5.41, 5.74) is 0.494. The molecule has 2 aromatic heterocycles. The molecule has 25 heavy (non-hydrogen) atoms. The SMILES string of the molecule is Cc1noc(C)c1OS(=O)n1c(-c2ccc([N+](=O)[O-])cc2)noc1=O. The third-order valence-electron chi connectivity index (χ3n) is 3.18. The van der Waals surface area contributed by atoms with E-state index >= 15 is 0 Å². The van der Waals surface area contributed by atoms with E-state index < -0.39 is 21.9 Å². The lowest BCUT2D eigenvalue weighted by molar-refractivity contribution is -0.384. The van der Waals surface area contributed by atoms with E-state index in [1.807, 2.05) is 0 Å². The third kappa shape index (κ3) is 3.06. The molecular formula is C13H10N4O7S. The van der Waals surface area contributed by atoms with Gasteiger partial charge in [-0.3, -0.25) is 14.6 Å². The number of aromatic nitrogens is 3. The normalized spacial score (nSPS) is 12.1. The predicted octanol–water partition coefficient (Wildman–Crippen LogP) is 1.52. The first kappa shape index (κ1) is 16.6. The number of hydrogen-bond donors (Lipinski definition) is 0. The molecule has 0 aliphatic heterocycles. The number of nitrogens with zero attached hydrogens (tertiary/aromatic N) is 4. The van der Waals surface area contributed by atoms with Crippen molar-refractivity contribution in [2.24, 2.45) is 0 Å². The predicted molar refractivity (Wildman–Crippen MR) is 83.0 cm³/mol. The lowest BCUT2D eigenvalue weighted by atomic mass is 10.2. The highest BCUT2D eigenvalue weighted by Gasteiger charge is 2.23. The highest BCUT2D eigenvalue weighted by Crippen LogP contribution is 2.25. The van der Waals surface area contributed by atoms with Crippen molar-refractivity contribution in [1.29, 1.82) is 0 Å². The fraction of sp³-hybridized carbons (Fsp3) is 0.154. The molecule has 1 atom stereocenters. The number of nitro benzene ring substituents is 1. The Kier molecular flexibility index (Phi) is 4.19. The van der Waals surface area contributed by atoms with Crippen molar-refractivity contribution in [1.82, 2.24) is 14.3 Å². The average molecular weight is 366 g/mol. The Morgan fingerprint density at radius 3 is 2.44 bits per heavy atom. The molecule has 0 saturated carbocycles. The van der Waals surface area contributed by atoms with Gasteiger partial charge in [-0.05, 0) is 19.1 Å². The van der Waals surface area contributed by atoms with E-state index in [1.54, 1.807) is 13.8 Å². The highest BCUT2D eigenvalue weighted by atomic mass is 32.2. The van der Waals surface area contributed by atoms with Gasteiger partial charge in [0.1, 0.15) is 5.69 Å². The maximum Gasteiger partial charge on any atom is 0.456 e. The summed E-state index contributed by atoms with van der Waals surface area (Å²) < 4.78 is 27.8. The summed E-state index contributed by atoms with van der Waals surface area (Å²) >= 11 is -2.33. The summed E-state index contributed by atoms with van der Waals surface area (Å²) in [7, 11) is 0. The van der Waals surface area contributed by atoms with Crippen molar-refractivity contribution in [3.8, 4) is 17.1 Å². The van der Waals surface area contributed by atoms with E-state index in [9.17, 15) is 19.1 Å². The first-order chi connectivity index (χ1) is 11.9. The Morgan fingerprint density at radius 1 is 1.20 bits per heavy atom. The van der Waals surface area contributed by atoms with Gasteiger partial charge < -0.3 is 8.71 Å². The van der Waals surface area contributed by atoms with Gasteiger partial charge in [-0.2, -0.15) is 4.21 Å². The molecule has 1 aromatic carbocycles. The molecule has 130 valence electrons. The van der Waals surface area contributed by atoms with Gasteiger partial charge in [0.05, 0.1) is 4.92 Å². The largest absolute Gasteiger partial charge is 0.456 e. The Balaban J connectivity index is 1.98. The third-order valence-corrected chi connectivity index (χ3v) is 4.11. The number of aryl methyl sites for hydroxylation is 2. The molecule has 2 heterocycles. The van der Waals surface area contributed by atoms with Crippen LogP contribution in [-0.4, -0.2) is 23.4 Å². The molecule has 0 aliphatic carbocycles. The van der Waals surface area contributed by atoms with Crippen LogP contribution >= 0.6 is 0 Å². The summed E-state index contributed by atoms with van der Waals surface area (Å²) in [4.78, 5) is 22.0. The Bertz CT molecular complexity index is 998. The summed E-state index contributed by atoms with van der Waals surface area (Å²) in [5.74, 6) is -0.711. The van der Waals surface area contributed by atoms with E-state index in [-0.39, 0.29) is 28.6 Å². The van der Waals surface area contributed by atoms with Gasteiger partial charge in [-0.15, -0.1) is 3.97 Å². The molecule has 0 radical (unpaired) electrons. The van der Waals surface area contributed by atoms with Gasteiger partial charge in [0.15, 0.2) is 5.76 Å². The van der Waals surface area contributed by atoms with E-state index in [2.05, 4.69) is 14.8 Å². The van der Waals surface area contributed by atoms with E-state index in [1.165, 1.54) is 24.3 Å². The van der Waals surface area contributed by atoms with Gasteiger partial charge in [0, 0.05) is 24.6 Å². The molecule has 3 rings (SSSR count). The van der Waals surface area contributed by atoms with Gasteiger partial charge in [0.25, 0.3) is 5.69 Å². The molecule has 0 spiro atoms. The molecule has 3 aromatic rings. The molecule has 12 heteroatoms. The van der Waals surface area contributed by atoms with Crippen molar-refractivity contribution in [3.63, 3.8) is 0 Å². The lowest BCUT2D eigenvalue weighted by Gasteiger charge is -2.05. The molecule has 0 amide bonds. The number of hydrogen-bond acceptors (Lipinski definition) is 9. The van der Waals surface area contributed by atoms with Crippen molar-refractivity contribution in [3.05, 3.63) is 56.4 Å². The lowest BCUT2D eigenvalue weighted by Crippen LogP contribution is -2.23. The minimum absolute atomic E-state index is 0.106. The summed E-state index contributed by atoms with van der Waals surface area (Å²) in [5, 5.41) is 17.9. The average Bonchev–Trinajstić information content (AvgIpc) is 3.12. The summed E-state index contributed by atoms with van der Waals surface area (Å²) in [6.45, 7) is 3.14. The van der Waals surface area contributed by atoms with Crippen molar-refractivity contribution >= 4 is 17.0 Å². The minimum atomic E-state index is -2.33. The van der Waals surface area contributed by atoms with Crippen molar-refractivity contribution < 1.29 is 22.4 Å². The Morgan fingerprint density at radius 2 is 1.88 bits per heavy atom. The monoisotopic (exact) mass is 366 g/mol. The van der Waals surface area contributed by atoms with E-state index in [4.69, 9.17) is 8.71 Å². The number of non-ortho nitro benzene ring substituents is 1. The Hall–Kier alpha value is -3.28. The van der Waals surface area contributed by atoms with E-state index in [0.717, 1.165) is 0 Å². The van der Waals surface area contributed by atoms with Gasteiger partial charge in [0.2, 0.25) is 11.6 Å². The van der Waals surface area contributed by atoms with Crippen LogP contribution in [0.1, 0.15) is 11.5 Å². The van der Waals surface area contributed by atoms with Crippen LogP contribution in [0.25, 0.3) is 11.4 Å². The first-order valence-corrected chi connectivity index (χ1v) is 7.78. The van der Waals surface area contributed by atoms with Crippen LogP contribution in [0.4, 0.5) is 5.69 Å². The highest BCUT2D eigenvalue weighted by molar-refractivity contribution is 7.79. The van der Waals surface area contributed by atoms with Crippen molar-refractivity contribution in [2.45, 2.75) is 13.8 Å². The Labute approximate surface area is 141 Å². The summed E-state index contributed by atoms with van der Waals surface area (Å²) in [6.07, 6.45) is 0. The second-order valence-corrected chi connectivity index (χ2v) is 5.79. The number of rotatable bonds is 5. The second-order valence-electron chi connectivity index (χ2n) is 4.82. The molecule has 0 bridgehead atoms. The van der Waals surface area contributed by atoms with Crippen LogP contribution in [0, 0.1) is 24.0 Å². The smallest absolute Gasteiger partial charge is 0.379 e. The molecule has 0 saturated heterocycles. The topological polar surface area (TPSA) is 144 Å². The molecule has 1 unspecified atom stereocenters. The van der Waals surface area contributed by atoms with Crippen molar-refractivity contribution in [2.75, 3.05) is 0 Å². The zero-order valence-corrected chi connectivity index (χ0v) is 13.7. The molecule has 0 aliphatic rings. The molecular weight excluding hydrogens is 356 g/mol. The van der Waals surface area contributed by atoms with Crippen LogP contribution in [0.15, 0.2) is 38.1 Å². The van der Waals surface area contributed by atoms with Crippen LogP contribution in [0.2, 0.25) is 0 Å². The molecule has 11 nitrogen and oxygen atoms in total. The van der Waals surface area contributed by atoms with Gasteiger partial charge in [-0.1, -0.05) is 10.3 Å².